The number of carbonyl (C=O) groups is 2. The van der Waals surface area contributed by atoms with Crippen molar-refractivity contribution in [1.82, 2.24) is 20.7 Å². The van der Waals surface area contributed by atoms with Gasteiger partial charge in [0.1, 0.15) is 0 Å². The Morgan fingerprint density at radius 3 is 2.38 bits per heavy atom. The number of rotatable bonds is 3. The Labute approximate surface area is 157 Å². The zero-order chi connectivity index (χ0) is 19.1. The second-order valence-electron chi connectivity index (χ2n) is 9.20. The number of hydrogen-bond donors (Lipinski definition) is 3. The van der Waals surface area contributed by atoms with Crippen molar-refractivity contribution in [1.29, 1.82) is 0 Å². The molecule has 0 radical (unpaired) electrons. The third kappa shape index (κ3) is 3.75. The van der Waals surface area contributed by atoms with Crippen LogP contribution < -0.4 is 16.5 Å². The van der Waals surface area contributed by atoms with Crippen LogP contribution in [0.15, 0.2) is 0 Å². The van der Waals surface area contributed by atoms with E-state index in [4.69, 9.17) is 5.73 Å². The predicted octanol–water partition coefficient (Wildman–Crippen LogP) is 0.659. The average Bonchev–Trinajstić information content (AvgIpc) is 3.05. The first-order valence-electron chi connectivity index (χ1n) is 10.1. The molecule has 0 spiro atoms. The maximum Gasteiger partial charge on any atom is 0.228 e. The van der Waals surface area contributed by atoms with E-state index < -0.39 is 0 Å². The molecule has 26 heavy (non-hydrogen) atoms. The minimum Gasteiger partial charge on any atom is -0.369 e. The minimum atomic E-state index is -0.236. The van der Waals surface area contributed by atoms with Crippen molar-refractivity contribution in [2.75, 3.05) is 19.6 Å². The van der Waals surface area contributed by atoms with E-state index >= 15 is 0 Å². The molecular formula is C19H35N5O2. The van der Waals surface area contributed by atoms with Crippen LogP contribution in [0, 0.1) is 17.3 Å². The molecular weight excluding hydrogens is 330 g/mol. The van der Waals surface area contributed by atoms with Crippen LogP contribution in [0.1, 0.15) is 53.4 Å². The number of hydrogen-bond acceptors (Lipinski definition) is 5. The summed E-state index contributed by atoms with van der Waals surface area (Å²) in [5.41, 5.74) is 9.28. The van der Waals surface area contributed by atoms with E-state index in [0.29, 0.717) is 38.1 Å². The molecule has 7 nitrogen and oxygen atoms in total. The molecule has 0 aromatic heterocycles. The van der Waals surface area contributed by atoms with Crippen molar-refractivity contribution in [2.24, 2.45) is 23.0 Å². The summed E-state index contributed by atoms with van der Waals surface area (Å²) in [7, 11) is 0. The van der Waals surface area contributed by atoms with E-state index in [1.54, 1.807) is 0 Å². The van der Waals surface area contributed by atoms with Gasteiger partial charge < -0.3 is 10.6 Å². The summed E-state index contributed by atoms with van der Waals surface area (Å²) in [6, 6.07) is 0.615. The zero-order valence-electron chi connectivity index (χ0n) is 16.6. The van der Waals surface area contributed by atoms with Gasteiger partial charge in [-0.05, 0) is 31.1 Å². The van der Waals surface area contributed by atoms with Gasteiger partial charge in [0.25, 0.3) is 0 Å². The molecule has 148 valence electrons. The lowest BCUT2D eigenvalue weighted by Gasteiger charge is -2.44. The highest BCUT2D eigenvalue weighted by Crippen LogP contribution is 2.34. The summed E-state index contributed by atoms with van der Waals surface area (Å²) in [4.78, 5) is 26.5. The molecule has 0 saturated carbocycles. The van der Waals surface area contributed by atoms with E-state index in [1.807, 2.05) is 4.90 Å². The Bertz CT molecular complexity index is 539. The van der Waals surface area contributed by atoms with E-state index in [1.165, 1.54) is 0 Å². The van der Waals surface area contributed by atoms with Gasteiger partial charge >= 0.3 is 0 Å². The summed E-state index contributed by atoms with van der Waals surface area (Å²) in [5, 5.41) is 5.89. The maximum atomic E-state index is 13.2. The fourth-order valence-corrected chi connectivity index (χ4v) is 4.66. The van der Waals surface area contributed by atoms with Gasteiger partial charge in [0, 0.05) is 37.6 Å². The summed E-state index contributed by atoms with van der Waals surface area (Å²) in [6.45, 7) is 11.0. The van der Waals surface area contributed by atoms with Crippen LogP contribution >= 0.6 is 0 Å². The lowest BCUT2D eigenvalue weighted by Crippen LogP contribution is -2.64. The van der Waals surface area contributed by atoms with Crippen LogP contribution in [0.4, 0.5) is 0 Å². The molecule has 3 rings (SSSR count). The fraction of sp³-hybridized carbons (Fsp3) is 0.895. The predicted molar refractivity (Wildman–Crippen MR) is 101 cm³/mol. The molecule has 0 aromatic carbocycles. The van der Waals surface area contributed by atoms with E-state index in [2.05, 4.69) is 43.4 Å². The van der Waals surface area contributed by atoms with Crippen LogP contribution in [0.5, 0.6) is 0 Å². The number of fused-ring (bicyclic) bond motifs is 1. The second kappa shape index (κ2) is 7.44. The molecule has 3 aliphatic rings. The van der Waals surface area contributed by atoms with Crippen LogP contribution in [-0.4, -0.2) is 59.6 Å². The summed E-state index contributed by atoms with van der Waals surface area (Å²) >= 11 is 0. The third-order valence-electron chi connectivity index (χ3n) is 6.48. The van der Waals surface area contributed by atoms with Gasteiger partial charge in [-0.3, -0.25) is 14.9 Å². The van der Waals surface area contributed by atoms with Crippen molar-refractivity contribution in [3.8, 4) is 0 Å². The normalized spacial score (nSPS) is 33.9. The van der Waals surface area contributed by atoms with Crippen LogP contribution in [-0.2, 0) is 9.59 Å². The second-order valence-corrected chi connectivity index (χ2v) is 9.20. The topological polar surface area (TPSA) is 90.7 Å². The zero-order valence-corrected chi connectivity index (χ0v) is 16.6. The first-order chi connectivity index (χ1) is 12.2. The highest BCUT2D eigenvalue weighted by atomic mass is 16.2. The smallest absolute Gasteiger partial charge is 0.228 e. The number of hydrazine groups is 1. The van der Waals surface area contributed by atoms with Crippen LogP contribution in [0.3, 0.4) is 0 Å². The van der Waals surface area contributed by atoms with Crippen molar-refractivity contribution in [2.45, 2.75) is 71.6 Å². The van der Waals surface area contributed by atoms with E-state index in [9.17, 15) is 9.59 Å². The number of nitrogens with two attached hydrogens (primary N) is 1. The van der Waals surface area contributed by atoms with Gasteiger partial charge in [-0.1, -0.05) is 27.7 Å². The Balaban J connectivity index is 1.66. The molecule has 3 aliphatic heterocycles. The Hall–Kier alpha value is -1.18. The molecule has 4 N–H and O–H groups in total. The number of nitrogens with one attached hydrogen (secondary N) is 2. The summed E-state index contributed by atoms with van der Waals surface area (Å²) < 4.78 is 0. The van der Waals surface area contributed by atoms with Gasteiger partial charge in [0.05, 0.1) is 12.1 Å². The van der Waals surface area contributed by atoms with Gasteiger partial charge in [-0.25, -0.2) is 10.4 Å². The molecule has 2 amide bonds. The molecule has 3 fully saturated rings. The number of likely N-dealkylation sites (tertiary alicyclic amines) is 1. The molecule has 0 aromatic rings. The van der Waals surface area contributed by atoms with Crippen molar-refractivity contribution < 1.29 is 9.59 Å². The summed E-state index contributed by atoms with van der Waals surface area (Å²) in [5.74, 6) is -0.151. The quantitative estimate of drug-likeness (QED) is 0.683. The Morgan fingerprint density at radius 2 is 1.85 bits per heavy atom. The van der Waals surface area contributed by atoms with Crippen LogP contribution in [0.2, 0.25) is 0 Å². The third-order valence-corrected chi connectivity index (χ3v) is 6.48. The Morgan fingerprint density at radius 1 is 1.19 bits per heavy atom. The SMILES string of the molecule is CCC1C(C(=O)N2CCC(C(N)=O)CC2)CNC2CC(C(C)(C)C)NN21. The first kappa shape index (κ1) is 19.6. The molecule has 0 aliphatic carbocycles. The maximum absolute atomic E-state index is 13.2. The van der Waals surface area contributed by atoms with Gasteiger partial charge in [-0.2, -0.15) is 0 Å². The first-order valence-corrected chi connectivity index (χ1v) is 10.1. The number of piperidine rings is 1. The van der Waals surface area contributed by atoms with Gasteiger partial charge in [0.15, 0.2) is 0 Å². The molecule has 0 bridgehead atoms. The van der Waals surface area contributed by atoms with Crippen molar-refractivity contribution >= 4 is 11.8 Å². The fourth-order valence-electron chi connectivity index (χ4n) is 4.66. The molecule has 3 heterocycles. The molecule has 3 saturated heterocycles. The van der Waals surface area contributed by atoms with Crippen LogP contribution in [0.25, 0.3) is 0 Å². The Kier molecular flexibility index (Phi) is 5.61. The van der Waals surface area contributed by atoms with E-state index in [-0.39, 0.29) is 35.1 Å². The number of amides is 2. The highest BCUT2D eigenvalue weighted by molar-refractivity contribution is 5.81. The van der Waals surface area contributed by atoms with Crippen molar-refractivity contribution in [3.63, 3.8) is 0 Å². The molecule has 4 atom stereocenters. The molecule has 7 heteroatoms. The average molecular weight is 366 g/mol. The number of carbonyl (C=O) groups excluding carboxylic acids is 2. The largest absolute Gasteiger partial charge is 0.369 e. The number of primary amides is 1. The minimum absolute atomic E-state index is 0.0485. The highest BCUT2D eigenvalue weighted by Gasteiger charge is 2.47. The van der Waals surface area contributed by atoms with Gasteiger partial charge in [-0.15, -0.1) is 0 Å². The molecule has 4 unspecified atom stereocenters. The van der Waals surface area contributed by atoms with Crippen molar-refractivity contribution in [3.05, 3.63) is 0 Å². The number of nitrogens with zero attached hydrogens (tertiary/aromatic N) is 2. The monoisotopic (exact) mass is 365 g/mol. The lowest BCUT2D eigenvalue weighted by molar-refractivity contribution is -0.143. The van der Waals surface area contributed by atoms with Gasteiger partial charge in [0.2, 0.25) is 11.8 Å². The van der Waals surface area contributed by atoms with E-state index in [0.717, 1.165) is 19.4 Å². The summed E-state index contributed by atoms with van der Waals surface area (Å²) in [6.07, 6.45) is 3.68. The standard InChI is InChI=1S/C19H35N5O2/c1-5-14-13(18(26)23-8-6-12(7-9-23)17(20)25)11-21-16-10-15(19(2,3)4)22-24(14)16/h12-16,21-22H,5-11H2,1-4H3,(H2,20,25). The lowest BCUT2D eigenvalue weighted by atomic mass is 9.85.